The highest BCUT2D eigenvalue weighted by atomic mass is 32.2. The average Bonchev–Trinajstić information content (AvgIpc) is 2.70. The monoisotopic (exact) mass is 488 g/mol. The maximum atomic E-state index is 13.3. The highest BCUT2D eigenvalue weighted by Crippen LogP contribution is 2.16. The second-order valence-corrected chi connectivity index (χ2v) is 10.2. The normalized spacial score (nSPS) is 12.1. The van der Waals surface area contributed by atoms with Crippen LogP contribution in [0.3, 0.4) is 0 Å². The second-order valence-electron chi connectivity index (χ2n) is 6.68. The van der Waals surface area contributed by atoms with E-state index in [9.17, 15) is 34.4 Å². The van der Waals surface area contributed by atoms with Crippen molar-refractivity contribution in [1.82, 2.24) is 9.44 Å². The molecule has 0 fully saturated rings. The van der Waals surface area contributed by atoms with Crippen LogP contribution >= 0.6 is 0 Å². The third-order valence-corrected chi connectivity index (χ3v) is 6.98. The molecule has 0 amide bonds. The summed E-state index contributed by atoms with van der Waals surface area (Å²) in [6.07, 6.45) is 0. The van der Waals surface area contributed by atoms with E-state index >= 15 is 0 Å². The Kier molecular flexibility index (Phi) is 6.98. The van der Waals surface area contributed by atoms with Crippen LogP contribution in [0, 0.1) is 23.3 Å². The largest absolute Gasteiger partial charge is 0.241 e. The van der Waals surface area contributed by atoms with Crippen LogP contribution in [0.2, 0.25) is 0 Å². The lowest BCUT2D eigenvalue weighted by Gasteiger charge is -2.10. The van der Waals surface area contributed by atoms with Gasteiger partial charge in [0.1, 0.15) is 23.3 Å². The Morgan fingerprint density at radius 2 is 0.906 bits per heavy atom. The summed E-state index contributed by atoms with van der Waals surface area (Å²) >= 11 is 0. The Labute approximate surface area is 182 Å². The van der Waals surface area contributed by atoms with Crippen molar-refractivity contribution in [1.29, 1.82) is 0 Å². The molecule has 3 aromatic carbocycles. The summed E-state index contributed by atoms with van der Waals surface area (Å²) in [6.45, 7) is -0.480. The zero-order valence-corrected chi connectivity index (χ0v) is 17.8. The number of benzene rings is 3. The molecule has 0 spiro atoms. The number of rotatable bonds is 8. The van der Waals surface area contributed by atoms with Gasteiger partial charge in [0.2, 0.25) is 20.0 Å². The minimum absolute atomic E-state index is 0.240. The first kappa shape index (κ1) is 23.9. The number of halogens is 4. The molecule has 0 saturated heterocycles. The lowest BCUT2D eigenvalue weighted by molar-refractivity contribution is 0.561. The first-order chi connectivity index (χ1) is 14.9. The first-order valence-corrected chi connectivity index (χ1v) is 11.9. The smallest absolute Gasteiger partial charge is 0.207 e. The molecule has 0 unspecified atom stereocenters. The van der Waals surface area contributed by atoms with E-state index in [4.69, 9.17) is 0 Å². The van der Waals surface area contributed by atoms with Gasteiger partial charge in [-0.1, -0.05) is 24.3 Å². The fourth-order valence-corrected chi connectivity index (χ4v) is 4.86. The average molecular weight is 488 g/mol. The molecule has 32 heavy (non-hydrogen) atoms. The number of sulfonamides is 2. The Bertz CT molecular complexity index is 1220. The Morgan fingerprint density at radius 1 is 0.562 bits per heavy atom. The van der Waals surface area contributed by atoms with Crippen LogP contribution in [0.4, 0.5) is 17.6 Å². The van der Waals surface area contributed by atoms with Crippen LogP contribution < -0.4 is 9.44 Å². The molecule has 6 nitrogen and oxygen atoms in total. The van der Waals surface area contributed by atoms with E-state index in [1.165, 1.54) is 12.1 Å². The molecular formula is C20H16F4N2O4S2. The SMILES string of the molecule is O=S(=O)(NCc1cccc(CNS(=O)(=O)c2cc(F)cc(F)c2)c1)c1cc(F)cc(F)c1. The highest BCUT2D eigenvalue weighted by molar-refractivity contribution is 7.89. The van der Waals surface area contributed by atoms with Crippen LogP contribution in [0.1, 0.15) is 11.1 Å². The van der Waals surface area contributed by atoms with Crippen molar-refractivity contribution in [2.75, 3.05) is 0 Å². The third kappa shape index (κ3) is 6.13. The van der Waals surface area contributed by atoms with Crippen molar-refractivity contribution in [3.05, 3.63) is 95.1 Å². The number of nitrogens with one attached hydrogen (secondary N) is 2. The fourth-order valence-electron chi connectivity index (χ4n) is 2.74. The van der Waals surface area contributed by atoms with E-state index in [-0.39, 0.29) is 13.1 Å². The van der Waals surface area contributed by atoms with Gasteiger partial charge in [-0.2, -0.15) is 0 Å². The number of hydrogen-bond donors (Lipinski definition) is 2. The Morgan fingerprint density at radius 3 is 1.25 bits per heavy atom. The molecule has 0 atom stereocenters. The molecule has 0 aliphatic rings. The summed E-state index contributed by atoms with van der Waals surface area (Å²) in [4.78, 5) is -1.16. The minimum Gasteiger partial charge on any atom is -0.207 e. The predicted molar refractivity (Wildman–Crippen MR) is 107 cm³/mol. The van der Waals surface area contributed by atoms with Gasteiger partial charge < -0.3 is 0 Å². The molecule has 0 aliphatic carbocycles. The van der Waals surface area contributed by atoms with E-state index in [0.717, 1.165) is 0 Å². The van der Waals surface area contributed by atoms with Crippen molar-refractivity contribution < 1.29 is 34.4 Å². The van der Waals surface area contributed by atoms with E-state index in [0.29, 0.717) is 47.5 Å². The maximum absolute atomic E-state index is 13.3. The van der Waals surface area contributed by atoms with Gasteiger partial charge in [0.15, 0.2) is 0 Å². The molecule has 12 heteroatoms. The van der Waals surface area contributed by atoms with Gasteiger partial charge in [0.25, 0.3) is 0 Å². The molecule has 170 valence electrons. The summed E-state index contributed by atoms with van der Waals surface area (Å²) in [5, 5.41) is 0. The topological polar surface area (TPSA) is 92.3 Å². The van der Waals surface area contributed by atoms with Gasteiger partial charge in [-0.05, 0) is 35.4 Å². The van der Waals surface area contributed by atoms with Crippen LogP contribution in [0.25, 0.3) is 0 Å². The molecule has 2 N–H and O–H groups in total. The zero-order valence-electron chi connectivity index (χ0n) is 16.1. The summed E-state index contributed by atoms with van der Waals surface area (Å²) in [7, 11) is -8.42. The van der Waals surface area contributed by atoms with E-state index in [2.05, 4.69) is 9.44 Å². The molecule has 0 bridgehead atoms. The molecule has 3 aromatic rings. The molecule has 0 aliphatic heterocycles. The minimum atomic E-state index is -4.21. The Hall–Kier alpha value is -2.80. The van der Waals surface area contributed by atoms with Crippen LogP contribution in [0.5, 0.6) is 0 Å². The molecule has 0 saturated carbocycles. The van der Waals surface area contributed by atoms with Gasteiger partial charge in [0, 0.05) is 25.2 Å². The summed E-state index contributed by atoms with van der Waals surface area (Å²) in [5.41, 5.74) is 0.859. The van der Waals surface area contributed by atoms with E-state index < -0.39 is 53.1 Å². The maximum Gasteiger partial charge on any atom is 0.241 e. The fraction of sp³-hybridized carbons (Fsp3) is 0.100. The third-order valence-electron chi connectivity index (χ3n) is 4.22. The van der Waals surface area contributed by atoms with Gasteiger partial charge >= 0.3 is 0 Å². The predicted octanol–water partition coefficient (Wildman–Crippen LogP) is 3.20. The first-order valence-electron chi connectivity index (χ1n) is 8.94. The molecule has 3 rings (SSSR count). The van der Waals surface area contributed by atoms with Gasteiger partial charge in [-0.15, -0.1) is 0 Å². The van der Waals surface area contributed by atoms with E-state index in [1.807, 2.05) is 0 Å². The second kappa shape index (κ2) is 9.36. The van der Waals surface area contributed by atoms with Crippen LogP contribution in [0.15, 0.2) is 70.5 Å². The molecule has 0 aromatic heterocycles. The van der Waals surface area contributed by atoms with Crippen molar-refractivity contribution >= 4 is 20.0 Å². The van der Waals surface area contributed by atoms with Crippen LogP contribution in [-0.4, -0.2) is 16.8 Å². The molecular weight excluding hydrogens is 472 g/mol. The lowest BCUT2D eigenvalue weighted by Crippen LogP contribution is -2.24. The standard InChI is InChI=1S/C20H16F4N2O4S2/c21-15-5-16(22)8-19(7-15)31(27,28)25-11-13-2-1-3-14(4-13)12-26-32(29,30)20-9-17(23)6-18(24)10-20/h1-10,25-26H,11-12H2. The van der Waals surface area contributed by atoms with Crippen LogP contribution in [-0.2, 0) is 33.1 Å². The number of hydrogen-bond acceptors (Lipinski definition) is 4. The van der Waals surface area contributed by atoms with E-state index in [1.54, 1.807) is 12.1 Å². The summed E-state index contributed by atoms with van der Waals surface area (Å²) in [5.74, 6) is -4.17. The van der Waals surface area contributed by atoms with Crippen molar-refractivity contribution in [2.45, 2.75) is 22.9 Å². The zero-order chi connectivity index (χ0) is 23.5. The quantitative estimate of drug-likeness (QED) is 0.477. The highest BCUT2D eigenvalue weighted by Gasteiger charge is 2.18. The van der Waals surface area contributed by atoms with Gasteiger partial charge in [0.05, 0.1) is 9.79 Å². The van der Waals surface area contributed by atoms with Crippen molar-refractivity contribution in [3.63, 3.8) is 0 Å². The van der Waals surface area contributed by atoms with Crippen molar-refractivity contribution in [3.8, 4) is 0 Å². The van der Waals surface area contributed by atoms with Crippen molar-refractivity contribution in [2.24, 2.45) is 0 Å². The van der Waals surface area contributed by atoms with Gasteiger partial charge in [-0.3, -0.25) is 0 Å². The molecule has 0 radical (unpaired) electrons. The lowest BCUT2D eigenvalue weighted by atomic mass is 10.1. The molecule has 0 heterocycles. The summed E-state index contributed by atoms with van der Waals surface area (Å²) < 4.78 is 107. The van der Waals surface area contributed by atoms with Gasteiger partial charge in [-0.25, -0.2) is 43.8 Å². The summed E-state index contributed by atoms with van der Waals surface area (Å²) in [6, 6.07) is 9.91. The Balaban J connectivity index is 1.69.